The summed E-state index contributed by atoms with van der Waals surface area (Å²) in [5, 5.41) is 9.15. The summed E-state index contributed by atoms with van der Waals surface area (Å²) in [5.41, 5.74) is 1.46. The molecule has 1 atom stereocenters. The number of hydrogen-bond acceptors (Lipinski definition) is 3. The van der Waals surface area contributed by atoms with Crippen LogP contribution in [0.2, 0.25) is 0 Å². The van der Waals surface area contributed by atoms with Crippen LogP contribution >= 0.6 is 0 Å². The number of carboxylic acid groups (broad SMARTS) is 1. The van der Waals surface area contributed by atoms with Crippen LogP contribution in [0.3, 0.4) is 0 Å². The first-order valence-electron chi connectivity index (χ1n) is 5.31. The predicted octanol–water partition coefficient (Wildman–Crippen LogP) is 1.69. The topological polar surface area (TPSA) is 66.8 Å². The van der Waals surface area contributed by atoms with Gasteiger partial charge in [-0.2, -0.15) is 0 Å². The lowest BCUT2D eigenvalue weighted by atomic mass is 9.96. The van der Waals surface area contributed by atoms with Crippen molar-refractivity contribution in [1.29, 1.82) is 0 Å². The molecule has 2 rings (SSSR count). The van der Waals surface area contributed by atoms with Crippen LogP contribution in [0, 0.1) is 0 Å². The van der Waals surface area contributed by atoms with E-state index < -0.39 is 12.1 Å². The van der Waals surface area contributed by atoms with E-state index in [1.54, 1.807) is 19.2 Å². The lowest BCUT2D eigenvalue weighted by molar-refractivity contribution is -0.109. The zero-order chi connectivity index (χ0) is 12.4. The maximum absolute atomic E-state index is 11.2. The molecule has 0 spiro atoms. The van der Waals surface area contributed by atoms with Gasteiger partial charge in [0.25, 0.3) is 0 Å². The first kappa shape index (κ1) is 11.4. The van der Waals surface area contributed by atoms with E-state index in [-0.39, 0.29) is 0 Å². The standard InChI is InChI=1S/C12H13NO4/c1-17-10-4-5-11-8(6-10)2-3-9(7-14)13(11)12(15)16/h4-7,9H,2-3H2,1H3,(H,15,16). The predicted molar refractivity (Wildman–Crippen MR) is 61.7 cm³/mol. The van der Waals surface area contributed by atoms with Crippen LogP contribution in [0.15, 0.2) is 18.2 Å². The second kappa shape index (κ2) is 4.45. The Morgan fingerprint density at radius 2 is 2.35 bits per heavy atom. The number of benzene rings is 1. The third-order valence-corrected chi connectivity index (χ3v) is 2.95. The minimum atomic E-state index is -1.10. The molecular formula is C12H13NO4. The molecule has 1 aliphatic rings. The number of nitrogens with zero attached hydrogens (tertiary/aromatic N) is 1. The third kappa shape index (κ3) is 1.95. The Morgan fingerprint density at radius 1 is 1.59 bits per heavy atom. The number of aldehydes is 1. The molecule has 0 saturated carbocycles. The van der Waals surface area contributed by atoms with Crippen molar-refractivity contribution in [3.63, 3.8) is 0 Å². The maximum Gasteiger partial charge on any atom is 0.412 e. The van der Waals surface area contributed by atoms with Crippen LogP contribution in [-0.2, 0) is 11.2 Å². The van der Waals surface area contributed by atoms with Crippen LogP contribution in [0.4, 0.5) is 10.5 Å². The summed E-state index contributed by atoms with van der Waals surface area (Å²) in [4.78, 5) is 23.2. The molecule has 17 heavy (non-hydrogen) atoms. The zero-order valence-corrected chi connectivity index (χ0v) is 9.42. The number of rotatable bonds is 2. The van der Waals surface area contributed by atoms with E-state index in [9.17, 15) is 9.59 Å². The van der Waals surface area contributed by atoms with Gasteiger partial charge in [-0.25, -0.2) is 4.79 Å². The Bertz CT molecular complexity index is 458. The minimum absolute atomic E-state index is 0.510. The SMILES string of the molecule is COc1ccc2c(c1)CCC(C=O)N2C(=O)O. The smallest absolute Gasteiger partial charge is 0.412 e. The number of hydrogen-bond donors (Lipinski definition) is 1. The second-order valence-electron chi connectivity index (χ2n) is 3.89. The van der Waals surface area contributed by atoms with Gasteiger partial charge in [-0.3, -0.25) is 4.90 Å². The molecule has 5 nitrogen and oxygen atoms in total. The number of amides is 1. The van der Waals surface area contributed by atoms with Crippen molar-refractivity contribution in [3.05, 3.63) is 23.8 Å². The molecule has 90 valence electrons. The summed E-state index contributed by atoms with van der Waals surface area (Å²) < 4.78 is 5.09. The highest BCUT2D eigenvalue weighted by molar-refractivity contribution is 5.93. The molecule has 0 saturated heterocycles. The number of fused-ring (bicyclic) bond motifs is 1. The van der Waals surface area contributed by atoms with Gasteiger partial charge in [0.15, 0.2) is 0 Å². The molecule has 0 bridgehead atoms. The third-order valence-electron chi connectivity index (χ3n) is 2.95. The van der Waals surface area contributed by atoms with Crippen molar-refractivity contribution in [2.24, 2.45) is 0 Å². The van der Waals surface area contributed by atoms with E-state index in [0.717, 1.165) is 10.5 Å². The summed E-state index contributed by atoms with van der Waals surface area (Å²) in [7, 11) is 1.56. The Balaban J connectivity index is 2.46. The lowest BCUT2D eigenvalue weighted by Crippen LogP contribution is -2.43. The van der Waals surface area contributed by atoms with Crippen LogP contribution in [0.1, 0.15) is 12.0 Å². The van der Waals surface area contributed by atoms with Gasteiger partial charge in [-0.1, -0.05) is 0 Å². The quantitative estimate of drug-likeness (QED) is 0.792. The average molecular weight is 235 g/mol. The van der Waals surface area contributed by atoms with Gasteiger partial charge in [0.2, 0.25) is 0 Å². The molecule has 1 aliphatic heterocycles. The molecular weight excluding hydrogens is 222 g/mol. The van der Waals surface area contributed by atoms with E-state index in [0.29, 0.717) is 30.6 Å². The second-order valence-corrected chi connectivity index (χ2v) is 3.89. The van der Waals surface area contributed by atoms with Gasteiger partial charge in [0.1, 0.15) is 12.0 Å². The van der Waals surface area contributed by atoms with E-state index in [1.807, 2.05) is 6.07 Å². The fourth-order valence-corrected chi connectivity index (χ4v) is 2.11. The summed E-state index contributed by atoms with van der Waals surface area (Å²) in [6, 6.07) is 4.60. The molecule has 0 radical (unpaired) electrons. The summed E-state index contributed by atoms with van der Waals surface area (Å²) in [5.74, 6) is 0.693. The van der Waals surface area contributed by atoms with Crippen LogP contribution in [0.5, 0.6) is 5.75 Å². The molecule has 0 fully saturated rings. The number of carbonyl (C=O) groups is 2. The van der Waals surface area contributed by atoms with Crippen LogP contribution in [-0.4, -0.2) is 30.6 Å². The monoisotopic (exact) mass is 235 g/mol. The van der Waals surface area contributed by atoms with Gasteiger partial charge >= 0.3 is 6.09 Å². The van der Waals surface area contributed by atoms with Crippen molar-refractivity contribution in [1.82, 2.24) is 0 Å². The van der Waals surface area contributed by atoms with Crippen LogP contribution in [0.25, 0.3) is 0 Å². The average Bonchev–Trinajstić information content (AvgIpc) is 2.36. The van der Waals surface area contributed by atoms with Gasteiger partial charge in [-0.15, -0.1) is 0 Å². The molecule has 5 heteroatoms. The lowest BCUT2D eigenvalue weighted by Gasteiger charge is -2.32. The highest BCUT2D eigenvalue weighted by Crippen LogP contribution is 2.32. The molecule has 1 heterocycles. The number of anilines is 1. The summed E-state index contributed by atoms with van der Waals surface area (Å²) in [6.07, 6.45) is 0.769. The summed E-state index contributed by atoms with van der Waals surface area (Å²) in [6.45, 7) is 0. The summed E-state index contributed by atoms with van der Waals surface area (Å²) >= 11 is 0. The zero-order valence-electron chi connectivity index (χ0n) is 9.42. The van der Waals surface area contributed by atoms with Gasteiger partial charge in [-0.05, 0) is 36.6 Å². The number of aryl methyl sites for hydroxylation is 1. The molecule has 1 unspecified atom stereocenters. The fraction of sp³-hybridized carbons (Fsp3) is 0.333. The van der Waals surface area contributed by atoms with Crippen molar-refractivity contribution < 1.29 is 19.4 Å². The number of carbonyl (C=O) groups excluding carboxylic acids is 1. The normalized spacial score (nSPS) is 18.4. The molecule has 1 aromatic rings. The van der Waals surface area contributed by atoms with Gasteiger partial charge in [0.05, 0.1) is 18.8 Å². The molecule has 0 aliphatic carbocycles. The maximum atomic E-state index is 11.2. The largest absolute Gasteiger partial charge is 0.497 e. The highest BCUT2D eigenvalue weighted by Gasteiger charge is 2.30. The van der Waals surface area contributed by atoms with E-state index in [2.05, 4.69) is 0 Å². The fourth-order valence-electron chi connectivity index (χ4n) is 2.11. The van der Waals surface area contributed by atoms with E-state index >= 15 is 0 Å². The Kier molecular flexibility index (Phi) is 2.99. The van der Waals surface area contributed by atoms with Crippen molar-refractivity contribution >= 4 is 18.1 Å². The van der Waals surface area contributed by atoms with E-state index in [1.165, 1.54) is 0 Å². The molecule has 0 aromatic heterocycles. The molecule has 1 amide bonds. The van der Waals surface area contributed by atoms with Crippen molar-refractivity contribution in [2.45, 2.75) is 18.9 Å². The van der Waals surface area contributed by atoms with Gasteiger partial charge in [0, 0.05) is 0 Å². The Labute approximate surface area is 98.6 Å². The molecule has 1 N–H and O–H groups in total. The van der Waals surface area contributed by atoms with Crippen molar-refractivity contribution in [3.8, 4) is 5.75 Å². The number of ether oxygens (including phenoxy) is 1. The van der Waals surface area contributed by atoms with Crippen LogP contribution < -0.4 is 9.64 Å². The Hall–Kier alpha value is -2.04. The number of methoxy groups -OCH3 is 1. The molecule has 1 aromatic carbocycles. The minimum Gasteiger partial charge on any atom is -0.497 e. The first-order valence-corrected chi connectivity index (χ1v) is 5.31. The van der Waals surface area contributed by atoms with E-state index in [4.69, 9.17) is 9.84 Å². The van der Waals surface area contributed by atoms with Crippen molar-refractivity contribution in [2.75, 3.05) is 12.0 Å². The first-order chi connectivity index (χ1) is 8.17. The van der Waals surface area contributed by atoms with Gasteiger partial charge < -0.3 is 14.6 Å². The Morgan fingerprint density at radius 3 is 2.94 bits per heavy atom. The highest BCUT2D eigenvalue weighted by atomic mass is 16.5.